The van der Waals surface area contributed by atoms with Gasteiger partial charge in [0.1, 0.15) is 6.04 Å². The summed E-state index contributed by atoms with van der Waals surface area (Å²) >= 11 is 0. The second kappa shape index (κ2) is 5.39. The molecule has 1 aromatic rings. The van der Waals surface area contributed by atoms with Crippen molar-refractivity contribution in [3.05, 3.63) is 24.3 Å². The van der Waals surface area contributed by atoms with Gasteiger partial charge in [0.05, 0.1) is 7.11 Å². The molecule has 1 rings (SSSR count). The maximum absolute atomic E-state index is 11.5. The molecule has 16 heavy (non-hydrogen) atoms. The van der Waals surface area contributed by atoms with E-state index in [0.29, 0.717) is 5.69 Å². The van der Waals surface area contributed by atoms with E-state index >= 15 is 0 Å². The Morgan fingerprint density at radius 1 is 1.44 bits per heavy atom. The first-order valence-electron chi connectivity index (χ1n) is 5.24. The molecule has 0 fully saturated rings. The third-order valence-electron chi connectivity index (χ3n) is 2.33. The van der Waals surface area contributed by atoms with Crippen LogP contribution in [0, 0.1) is 5.92 Å². The molecule has 1 unspecified atom stereocenters. The second-order valence-electron chi connectivity index (χ2n) is 4.01. The maximum atomic E-state index is 11.5. The van der Waals surface area contributed by atoms with Gasteiger partial charge in [0, 0.05) is 11.4 Å². The molecule has 0 aliphatic heterocycles. The SMILES string of the molecule is COC(=O)C(Nc1cccc(N)c1)C(C)C. The first-order valence-corrected chi connectivity index (χ1v) is 5.24. The highest BCUT2D eigenvalue weighted by Gasteiger charge is 2.22. The van der Waals surface area contributed by atoms with Crippen LogP contribution < -0.4 is 11.1 Å². The zero-order chi connectivity index (χ0) is 12.1. The molecule has 0 radical (unpaired) electrons. The van der Waals surface area contributed by atoms with Crippen LogP contribution in [0.2, 0.25) is 0 Å². The van der Waals surface area contributed by atoms with Gasteiger partial charge in [-0.15, -0.1) is 0 Å². The number of carbonyl (C=O) groups excluding carboxylic acids is 1. The van der Waals surface area contributed by atoms with E-state index < -0.39 is 0 Å². The maximum Gasteiger partial charge on any atom is 0.328 e. The monoisotopic (exact) mass is 222 g/mol. The van der Waals surface area contributed by atoms with Gasteiger partial charge in [-0.05, 0) is 24.1 Å². The van der Waals surface area contributed by atoms with Crippen molar-refractivity contribution < 1.29 is 9.53 Å². The predicted octanol–water partition coefficient (Wildman–Crippen LogP) is 1.88. The molecule has 0 bridgehead atoms. The van der Waals surface area contributed by atoms with Gasteiger partial charge in [-0.2, -0.15) is 0 Å². The van der Waals surface area contributed by atoms with E-state index in [1.54, 1.807) is 12.1 Å². The fourth-order valence-electron chi connectivity index (χ4n) is 1.43. The van der Waals surface area contributed by atoms with Crippen molar-refractivity contribution in [1.29, 1.82) is 0 Å². The highest BCUT2D eigenvalue weighted by Crippen LogP contribution is 2.16. The van der Waals surface area contributed by atoms with Crippen molar-refractivity contribution in [3.63, 3.8) is 0 Å². The van der Waals surface area contributed by atoms with Crippen molar-refractivity contribution >= 4 is 17.3 Å². The van der Waals surface area contributed by atoms with Gasteiger partial charge in [-0.3, -0.25) is 0 Å². The van der Waals surface area contributed by atoms with Gasteiger partial charge < -0.3 is 15.8 Å². The number of hydrogen-bond donors (Lipinski definition) is 2. The van der Waals surface area contributed by atoms with Gasteiger partial charge in [0.2, 0.25) is 0 Å². The normalized spacial score (nSPS) is 12.2. The Balaban J connectivity index is 2.79. The molecule has 88 valence electrons. The molecule has 0 amide bonds. The topological polar surface area (TPSA) is 64.3 Å². The minimum Gasteiger partial charge on any atom is -0.467 e. The van der Waals surface area contributed by atoms with Crippen LogP contribution in [0.25, 0.3) is 0 Å². The van der Waals surface area contributed by atoms with Gasteiger partial charge in [0.25, 0.3) is 0 Å². The van der Waals surface area contributed by atoms with Gasteiger partial charge in [-0.1, -0.05) is 19.9 Å². The molecule has 0 aliphatic rings. The summed E-state index contributed by atoms with van der Waals surface area (Å²) in [5.74, 6) is -0.119. The first-order chi connectivity index (χ1) is 7.54. The standard InChI is InChI=1S/C12H18N2O2/c1-8(2)11(12(15)16-3)14-10-6-4-5-9(13)7-10/h4-8,11,14H,13H2,1-3H3. The summed E-state index contributed by atoms with van der Waals surface area (Å²) in [5, 5.41) is 3.12. The average Bonchev–Trinajstić information content (AvgIpc) is 2.24. The molecular formula is C12H18N2O2. The number of methoxy groups -OCH3 is 1. The molecule has 3 N–H and O–H groups in total. The molecule has 0 spiro atoms. The lowest BCUT2D eigenvalue weighted by molar-refractivity contribution is -0.142. The molecule has 0 saturated heterocycles. The van der Waals surface area contributed by atoms with Crippen LogP contribution >= 0.6 is 0 Å². The second-order valence-corrected chi connectivity index (χ2v) is 4.01. The Labute approximate surface area is 95.8 Å². The van der Waals surface area contributed by atoms with Crippen molar-refractivity contribution in [1.82, 2.24) is 0 Å². The van der Waals surface area contributed by atoms with Gasteiger partial charge in [-0.25, -0.2) is 4.79 Å². The summed E-state index contributed by atoms with van der Waals surface area (Å²) in [5.41, 5.74) is 7.15. The van der Waals surface area contributed by atoms with Crippen molar-refractivity contribution in [2.24, 2.45) is 5.92 Å². The van der Waals surface area contributed by atoms with Crippen LogP contribution in [0.4, 0.5) is 11.4 Å². The Kier molecular flexibility index (Phi) is 4.17. The van der Waals surface area contributed by atoms with E-state index in [9.17, 15) is 4.79 Å². The quantitative estimate of drug-likeness (QED) is 0.603. The number of hydrogen-bond acceptors (Lipinski definition) is 4. The summed E-state index contributed by atoms with van der Waals surface area (Å²) < 4.78 is 4.74. The van der Waals surface area contributed by atoms with Crippen molar-refractivity contribution in [3.8, 4) is 0 Å². The highest BCUT2D eigenvalue weighted by atomic mass is 16.5. The Morgan fingerprint density at radius 2 is 2.12 bits per heavy atom. The number of nitrogen functional groups attached to an aromatic ring is 1. The molecule has 0 heterocycles. The minimum atomic E-state index is -0.355. The molecule has 4 heteroatoms. The minimum absolute atomic E-state index is 0.147. The van der Waals surface area contributed by atoms with Crippen LogP contribution in [-0.4, -0.2) is 19.1 Å². The summed E-state index contributed by atoms with van der Waals surface area (Å²) in [4.78, 5) is 11.5. The summed E-state index contributed by atoms with van der Waals surface area (Å²) in [7, 11) is 1.39. The third-order valence-corrected chi connectivity index (χ3v) is 2.33. The number of rotatable bonds is 4. The van der Waals surface area contributed by atoms with Crippen LogP contribution in [0.1, 0.15) is 13.8 Å². The lowest BCUT2D eigenvalue weighted by Crippen LogP contribution is -2.35. The van der Waals surface area contributed by atoms with E-state index in [-0.39, 0.29) is 17.9 Å². The highest BCUT2D eigenvalue weighted by molar-refractivity contribution is 5.79. The van der Waals surface area contributed by atoms with E-state index in [0.717, 1.165) is 5.69 Å². The predicted molar refractivity (Wildman–Crippen MR) is 65.1 cm³/mol. The number of nitrogens with one attached hydrogen (secondary N) is 1. The first kappa shape index (κ1) is 12.4. The molecule has 0 saturated carbocycles. The number of benzene rings is 1. The molecule has 0 aromatic heterocycles. The molecule has 1 atom stereocenters. The number of esters is 1. The molecule has 1 aromatic carbocycles. The van der Waals surface area contributed by atoms with Crippen molar-refractivity contribution in [2.45, 2.75) is 19.9 Å². The summed E-state index contributed by atoms with van der Waals surface area (Å²) in [6, 6.07) is 6.94. The lowest BCUT2D eigenvalue weighted by Gasteiger charge is -2.21. The summed E-state index contributed by atoms with van der Waals surface area (Å²) in [6.07, 6.45) is 0. The summed E-state index contributed by atoms with van der Waals surface area (Å²) in [6.45, 7) is 3.92. The molecule has 4 nitrogen and oxygen atoms in total. The van der Waals surface area contributed by atoms with E-state index in [1.807, 2.05) is 26.0 Å². The lowest BCUT2D eigenvalue weighted by atomic mass is 10.0. The van der Waals surface area contributed by atoms with Crippen molar-refractivity contribution in [2.75, 3.05) is 18.2 Å². The largest absolute Gasteiger partial charge is 0.467 e. The van der Waals surface area contributed by atoms with E-state index in [2.05, 4.69) is 5.32 Å². The smallest absolute Gasteiger partial charge is 0.328 e. The van der Waals surface area contributed by atoms with Gasteiger partial charge >= 0.3 is 5.97 Å². The number of anilines is 2. The zero-order valence-electron chi connectivity index (χ0n) is 9.86. The van der Waals surface area contributed by atoms with E-state index in [1.165, 1.54) is 7.11 Å². The Bertz CT molecular complexity index is 364. The number of nitrogens with two attached hydrogens (primary N) is 1. The fraction of sp³-hybridized carbons (Fsp3) is 0.417. The van der Waals surface area contributed by atoms with Gasteiger partial charge in [0.15, 0.2) is 0 Å². The van der Waals surface area contributed by atoms with Crippen LogP contribution in [-0.2, 0) is 9.53 Å². The Morgan fingerprint density at radius 3 is 2.62 bits per heavy atom. The molecular weight excluding hydrogens is 204 g/mol. The zero-order valence-corrected chi connectivity index (χ0v) is 9.86. The average molecular weight is 222 g/mol. The van der Waals surface area contributed by atoms with Crippen LogP contribution in [0.3, 0.4) is 0 Å². The number of ether oxygens (including phenoxy) is 1. The molecule has 0 aliphatic carbocycles. The van der Waals surface area contributed by atoms with E-state index in [4.69, 9.17) is 10.5 Å². The fourth-order valence-corrected chi connectivity index (χ4v) is 1.43. The third kappa shape index (κ3) is 3.15. The van der Waals surface area contributed by atoms with Crippen LogP contribution in [0.5, 0.6) is 0 Å². The van der Waals surface area contributed by atoms with Crippen LogP contribution in [0.15, 0.2) is 24.3 Å². The Hall–Kier alpha value is -1.71. The number of carbonyl (C=O) groups is 1.